The number of carbonyl (C=O) groups excluding carboxylic acids is 1. The molecule has 0 radical (unpaired) electrons. The summed E-state index contributed by atoms with van der Waals surface area (Å²) in [5.41, 5.74) is 0. The lowest BCUT2D eigenvalue weighted by Gasteiger charge is -2.04. The summed E-state index contributed by atoms with van der Waals surface area (Å²) in [5.74, 6) is -0.0581. The molecule has 0 spiro atoms. The van der Waals surface area contributed by atoms with E-state index in [2.05, 4.69) is 31.2 Å². The second-order valence-electron chi connectivity index (χ2n) is 3.11. The van der Waals surface area contributed by atoms with Crippen LogP contribution in [0.2, 0.25) is 5.15 Å². The normalized spacial score (nSPS) is 10.2. The van der Waals surface area contributed by atoms with E-state index in [4.69, 9.17) is 20.8 Å². The number of carbonyl (C=O) groups is 1. The first-order chi connectivity index (χ1) is 8.58. The summed E-state index contributed by atoms with van der Waals surface area (Å²) in [6.07, 6.45) is 0. The third-order valence-electron chi connectivity index (χ3n) is 1.90. The second-order valence-corrected chi connectivity index (χ2v) is 4.28. The standard InChI is InChI=1S/C10H7BrClN3O3/c1-17-8-4-7(12)13-10(14-8)15-9(16)5-2-3-6(11)18-5/h2-4H,1H3,(H,13,14,15,16). The van der Waals surface area contributed by atoms with Gasteiger partial charge in [-0.3, -0.25) is 10.1 Å². The Labute approximate surface area is 115 Å². The van der Waals surface area contributed by atoms with Crippen molar-refractivity contribution in [3.05, 3.63) is 33.8 Å². The number of amides is 1. The van der Waals surface area contributed by atoms with Gasteiger partial charge in [-0.15, -0.1) is 0 Å². The van der Waals surface area contributed by atoms with Crippen LogP contribution in [0.4, 0.5) is 5.95 Å². The fourth-order valence-corrected chi connectivity index (χ4v) is 1.64. The van der Waals surface area contributed by atoms with Gasteiger partial charge >= 0.3 is 0 Å². The van der Waals surface area contributed by atoms with Gasteiger partial charge in [0.2, 0.25) is 11.8 Å². The van der Waals surface area contributed by atoms with Crippen LogP contribution in [0.5, 0.6) is 5.88 Å². The Morgan fingerprint density at radius 2 is 2.28 bits per heavy atom. The van der Waals surface area contributed by atoms with Crippen LogP contribution < -0.4 is 10.1 Å². The molecule has 0 aliphatic heterocycles. The van der Waals surface area contributed by atoms with Gasteiger partial charge in [-0.2, -0.15) is 4.98 Å². The smallest absolute Gasteiger partial charge is 0.293 e. The molecule has 1 N–H and O–H groups in total. The van der Waals surface area contributed by atoms with Crippen LogP contribution in [0, 0.1) is 0 Å². The number of rotatable bonds is 3. The lowest BCUT2D eigenvalue weighted by Crippen LogP contribution is -2.13. The zero-order valence-electron chi connectivity index (χ0n) is 9.11. The van der Waals surface area contributed by atoms with Crippen molar-refractivity contribution >= 4 is 39.4 Å². The lowest BCUT2D eigenvalue weighted by molar-refractivity contribution is 0.0994. The number of nitrogens with one attached hydrogen (secondary N) is 1. The Hall–Kier alpha value is -1.60. The first kappa shape index (κ1) is 12.8. The van der Waals surface area contributed by atoms with Crippen molar-refractivity contribution in [1.29, 1.82) is 0 Å². The van der Waals surface area contributed by atoms with Crippen molar-refractivity contribution in [1.82, 2.24) is 9.97 Å². The number of anilines is 1. The molecular formula is C10H7BrClN3O3. The van der Waals surface area contributed by atoms with E-state index in [1.54, 1.807) is 6.07 Å². The third kappa shape index (κ3) is 2.99. The summed E-state index contributed by atoms with van der Waals surface area (Å²) in [6, 6.07) is 4.55. The predicted octanol–water partition coefficient (Wildman–Crippen LogP) is 2.75. The molecule has 2 heterocycles. The zero-order valence-corrected chi connectivity index (χ0v) is 11.4. The van der Waals surface area contributed by atoms with Crippen LogP contribution in [0.15, 0.2) is 27.3 Å². The summed E-state index contributed by atoms with van der Waals surface area (Å²) in [7, 11) is 1.44. The highest BCUT2D eigenvalue weighted by Crippen LogP contribution is 2.18. The van der Waals surface area contributed by atoms with E-state index in [1.165, 1.54) is 19.2 Å². The number of furan rings is 1. The SMILES string of the molecule is COc1cc(Cl)nc(NC(=O)c2ccc(Br)o2)n1. The van der Waals surface area contributed by atoms with Crippen molar-refractivity contribution in [2.45, 2.75) is 0 Å². The summed E-state index contributed by atoms with van der Waals surface area (Å²) >= 11 is 8.85. The van der Waals surface area contributed by atoms with Crippen molar-refractivity contribution in [3.8, 4) is 5.88 Å². The summed E-state index contributed by atoms with van der Waals surface area (Å²) < 4.78 is 10.5. The van der Waals surface area contributed by atoms with E-state index in [1.807, 2.05) is 0 Å². The number of hydrogen-bond acceptors (Lipinski definition) is 5. The highest BCUT2D eigenvalue weighted by atomic mass is 79.9. The molecule has 0 fully saturated rings. The molecule has 2 aromatic rings. The quantitative estimate of drug-likeness (QED) is 0.875. The van der Waals surface area contributed by atoms with Crippen molar-refractivity contribution in [2.75, 3.05) is 12.4 Å². The highest BCUT2D eigenvalue weighted by molar-refractivity contribution is 9.10. The van der Waals surface area contributed by atoms with Gasteiger partial charge in [0.1, 0.15) is 5.15 Å². The molecular weight excluding hydrogens is 325 g/mol. The Morgan fingerprint density at radius 1 is 1.50 bits per heavy atom. The molecule has 0 bridgehead atoms. The second kappa shape index (κ2) is 5.36. The van der Waals surface area contributed by atoms with Gasteiger partial charge < -0.3 is 9.15 Å². The van der Waals surface area contributed by atoms with Crippen LogP contribution in [-0.2, 0) is 0 Å². The largest absolute Gasteiger partial charge is 0.481 e. The average Bonchev–Trinajstić information content (AvgIpc) is 2.75. The van der Waals surface area contributed by atoms with E-state index < -0.39 is 5.91 Å². The van der Waals surface area contributed by atoms with Crippen LogP contribution in [0.25, 0.3) is 0 Å². The molecule has 94 valence electrons. The molecule has 2 rings (SSSR count). The van der Waals surface area contributed by atoms with Gasteiger partial charge in [0.15, 0.2) is 10.4 Å². The number of nitrogens with zero attached hydrogens (tertiary/aromatic N) is 2. The molecule has 0 atom stereocenters. The molecule has 8 heteroatoms. The maximum Gasteiger partial charge on any atom is 0.293 e. The molecule has 0 saturated heterocycles. The zero-order chi connectivity index (χ0) is 13.1. The summed E-state index contributed by atoms with van der Waals surface area (Å²) in [5, 5.41) is 2.61. The molecule has 0 aromatic carbocycles. The average molecular weight is 333 g/mol. The molecule has 0 saturated carbocycles. The number of aromatic nitrogens is 2. The number of ether oxygens (including phenoxy) is 1. The number of methoxy groups -OCH3 is 1. The van der Waals surface area contributed by atoms with Gasteiger partial charge in [-0.05, 0) is 28.1 Å². The highest BCUT2D eigenvalue weighted by Gasteiger charge is 2.13. The van der Waals surface area contributed by atoms with Crippen molar-refractivity contribution < 1.29 is 13.9 Å². The van der Waals surface area contributed by atoms with E-state index in [9.17, 15) is 4.79 Å². The van der Waals surface area contributed by atoms with Gasteiger partial charge in [-0.1, -0.05) is 11.6 Å². The van der Waals surface area contributed by atoms with Crippen LogP contribution >= 0.6 is 27.5 Å². The monoisotopic (exact) mass is 331 g/mol. The third-order valence-corrected chi connectivity index (χ3v) is 2.52. The van der Waals surface area contributed by atoms with Crippen molar-refractivity contribution in [3.63, 3.8) is 0 Å². The number of hydrogen-bond donors (Lipinski definition) is 1. The van der Waals surface area contributed by atoms with E-state index >= 15 is 0 Å². The van der Waals surface area contributed by atoms with Gasteiger partial charge in [0, 0.05) is 6.07 Å². The first-order valence-electron chi connectivity index (χ1n) is 4.74. The Bertz CT molecular complexity index is 587. The minimum atomic E-state index is -0.481. The van der Waals surface area contributed by atoms with Gasteiger partial charge in [-0.25, -0.2) is 4.98 Å². The molecule has 18 heavy (non-hydrogen) atoms. The predicted molar refractivity (Wildman–Crippen MR) is 68.0 cm³/mol. The van der Waals surface area contributed by atoms with Gasteiger partial charge in [0.05, 0.1) is 7.11 Å². The minimum Gasteiger partial charge on any atom is -0.481 e. The summed E-state index contributed by atoms with van der Waals surface area (Å²) in [4.78, 5) is 19.5. The summed E-state index contributed by atoms with van der Waals surface area (Å²) in [6.45, 7) is 0. The topological polar surface area (TPSA) is 77.2 Å². The Balaban J connectivity index is 2.18. The molecule has 0 aliphatic carbocycles. The Kier molecular flexibility index (Phi) is 3.83. The van der Waals surface area contributed by atoms with Crippen LogP contribution in [-0.4, -0.2) is 23.0 Å². The molecule has 6 nitrogen and oxygen atoms in total. The van der Waals surface area contributed by atoms with E-state index in [0.29, 0.717) is 4.67 Å². The fraction of sp³-hybridized carbons (Fsp3) is 0.100. The van der Waals surface area contributed by atoms with Crippen LogP contribution in [0.3, 0.4) is 0 Å². The van der Waals surface area contributed by atoms with Crippen LogP contribution in [0.1, 0.15) is 10.6 Å². The fourth-order valence-electron chi connectivity index (χ4n) is 1.16. The maximum atomic E-state index is 11.7. The van der Waals surface area contributed by atoms with Crippen molar-refractivity contribution in [2.24, 2.45) is 0 Å². The number of halogens is 2. The Morgan fingerprint density at radius 3 is 2.89 bits per heavy atom. The first-order valence-corrected chi connectivity index (χ1v) is 5.91. The van der Waals surface area contributed by atoms with E-state index in [0.717, 1.165) is 0 Å². The molecule has 2 aromatic heterocycles. The molecule has 1 amide bonds. The lowest BCUT2D eigenvalue weighted by atomic mass is 10.4. The minimum absolute atomic E-state index is 0.0388. The molecule has 0 aliphatic rings. The maximum absolute atomic E-state index is 11.7. The van der Waals surface area contributed by atoms with Gasteiger partial charge in [0.25, 0.3) is 5.91 Å². The van der Waals surface area contributed by atoms with E-state index in [-0.39, 0.29) is 22.7 Å². The molecule has 0 unspecified atom stereocenters.